The zero-order valence-corrected chi connectivity index (χ0v) is 13.4. The Kier molecular flexibility index (Phi) is 3.73. The Balaban J connectivity index is 1.98. The van der Waals surface area contributed by atoms with Crippen molar-refractivity contribution in [1.29, 1.82) is 0 Å². The van der Waals surface area contributed by atoms with Gasteiger partial charge in [-0.3, -0.25) is 9.59 Å². The van der Waals surface area contributed by atoms with Gasteiger partial charge in [0.05, 0.1) is 23.6 Å². The highest BCUT2D eigenvalue weighted by Crippen LogP contribution is 2.47. The number of β-lactam (4-membered cyclic amide) rings is 1. The number of carbonyl (C=O) groups excluding carboxylic acids is 2. The molecule has 3 N–H and O–H groups in total. The first-order valence-corrected chi connectivity index (χ1v) is 8.03. The van der Waals surface area contributed by atoms with Gasteiger partial charge >= 0.3 is 5.97 Å². The van der Waals surface area contributed by atoms with Gasteiger partial charge < -0.3 is 20.4 Å². The minimum absolute atomic E-state index is 0.0396. The lowest BCUT2D eigenvalue weighted by atomic mass is 9.83. The summed E-state index contributed by atoms with van der Waals surface area (Å²) >= 11 is 1.27. The lowest BCUT2D eigenvalue weighted by Crippen LogP contribution is -2.61. The van der Waals surface area contributed by atoms with E-state index in [0.717, 1.165) is 0 Å². The van der Waals surface area contributed by atoms with Gasteiger partial charge in [0.25, 0.3) is 5.91 Å². The number of fused-ring (bicyclic) bond motifs is 1. The molecule has 0 aromatic carbocycles. The Labute approximate surface area is 136 Å². The molecule has 0 unspecified atom stereocenters. The molecule has 2 aliphatic rings. The second-order valence-corrected chi connectivity index (χ2v) is 6.57. The van der Waals surface area contributed by atoms with Crippen LogP contribution in [0.2, 0.25) is 0 Å². The summed E-state index contributed by atoms with van der Waals surface area (Å²) in [5, 5.41) is 23.4. The SMILES string of the molecule is CNC(=O)c1csc(C2=C(C(=O)O)N3C(=O)[C@H]([C@@H](C)O)[C@H]3C2)c1. The first-order chi connectivity index (χ1) is 10.9. The summed E-state index contributed by atoms with van der Waals surface area (Å²) in [6.07, 6.45) is -0.445. The van der Waals surface area contributed by atoms with Gasteiger partial charge in [-0.25, -0.2) is 4.79 Å². The number of thiophene rings is 1. The molecule has 2 aliphatic heterocycles. The summed E-state index contributed by atoms with van der Waals surface area (Å²) < 4.78 is 0. The third-order valence-electron chi connectivity index (χ3n) is 4.32. The number of aliphatic hydroxyl groups is 1. The Morgan fingerprint density at radius 3 is 2.74 bits per heavy atom. The van der Waals surface area contributed by atoms with Gasteiger partial charge in [-0.2, -0.15) is 0 Å². The molecular weight excluding hydrogens is 320 g/mol. The van der Waals surface area contributed by atoms with Crippen LogP contribution in [0.1, 0.15) is 28.6 Å². The van der Waals surface area contributed by atoms with Gasteiger partial charge in [0.2, 0.25) is 5.91 Å². The van der Waals surface area contributed by atoms with Crippen LogP contribution >= 0.6 is 11.3 Å². The zero-order chi connectivity index (χ0) is 16.9. The van der Waals surface area contributed by atoms with Crippen molar-refractivity contribution in [2.24, 2.45) is 5.92 Å². The molecule has 1 saturated heterocycles. The fraction of sp³-hybridized carbons (Fsp3) is 0.400. The van der Waals surface area contributed by atoms with Crippen LogP contribution in [0.15, 0.2) is 17.1 Å². The predicted octanol–water partition coefficient (Wildman–Crippen LogP) is 0.515. The molecule has 1 aromatic heterocycles. The smallest absolute Gasteiger partial charge is 0.352 e. The molecule has 0 spiro atoms. The van der Waals surface area contributed by atoms with Crippen molar-refractivity contribution in [3.05, 3.63) is 27.6 Å². The molecule has 23 heavy (non-hydrogen) atoms. The maximum Gasteiger partial charge on any atom is 0.352 e. The molecule has 7 nitrogen and oxygen atoms in total. The van der Waals surface area contributed by atoms with Gasteiger partial charge in [0.15, 0.2) is 0 Å². The molecule has 0 aliphatic carbocycles. The van der Waals surface area contributed by atoms with Gasteiger partial charge in [-0.05, 0) is 19.4 Å². The molecule has 0 radical (unpaired) electrons. The largest absolute Gasteiger partial charge is 0.477 e. The second-order valence-electron chi connectivity index (χ2n) is 5.66. The molecular formula is C15H16N2O5S. The molecule has 3 atom stereocenters. The highest BCUT2D eigenvalue weighted by molar-refractivity contribution is 7.11. The number of aliphatic hydroxyl groups excluding tert-OH is 1. The number of hydrogen-bond donors (Lipinski definition) is 3. The average molecular weight is 336 g/mol. The van der Waals surface area contributed by atoms with E-state index in [9.17, 15) is 24.6 Å². The summed E-state index contributed by atoms with van der Waals surface area (Å²) in [6, 6.07) is 1.31. The van der Waals surface area contributed by atoms with E-state index in [0.29, 0.717) is 22.4 Å². The molecule has 0 saturated carbocycles. The summed E-state index contributed by atoms with van der Waals surface area (Å²) in [5.74, 6) is -2.35. The van der Waals surface area contributed by atoms with Crippen LogP contribution < -0.4 is 5.32 Å². The molecule has 1 aromatic rings. The average Bonchev–Trinajstić information content (AvgIpc) is 3.08. The van der Waals surface area contributed by atoms with Crippen LogP contribution in [0, 0.1) is 5.92 Å². The number of carboxylic acids is 1. The first kappa shape index (κ1) is 15.7. The molecule has 3 rings (SSSR count). The Bertz CT molecular complexity index is 736. The number of carbonyl (C=O) groups is 3. The van der Waals surface area contributed by atoms with E-state index in [2.05, 4.69) is 5.32 Å². The Morgan fingerprint density at radius 2 is 2.17 bits per heavy atom. The fourth-order valence-corrected chi connectivity index (χ4v) is 4.19. The summed E-state index contributed by atoms with van der Waals surface area (Å²) in [7, 11) is 1.52. The standard InChI is InChI=1S/C15H16N2O5S/c1-6(18)11-9-4-8(12(15(21)22)17(9)14(11)20)10-3-7(5-23-10)13(19)16-2/h3,5-6,9,11,18H,4H2,1-2H3,(H,16,19)(H,21,22)/t6-,9-,11-/m1/s1. The maximum absolute atomic E-state index is 12.1. The third-order valence-corrected chi connectivity index (χ3v) is 5.31. The van der Waals surface area contributed by atoms with Gasteiger partial charge in [0, 0.05) is 22.9 Å². The highest BCUT2D eigenvalue weighted by atomic mass is 32.1. The van der Waals surface area contributed by atoms with E-state index in [1.807, 2.05) is 0 Å². The second kappa shape index (κ2) is 5.47. The normalized spacial score (nSPS) is 24.3. The number of aliphatic carboxylic acids is 1. The van der Waals surface area contributed by atoms with Crippen molar-refractivity contribution in [3.8, 4) is 0 Å². The van der Waals surface area contributed by atoms with Crippen molar-refractivity contribution in [2.75, 3.05) is 7.05 Å². The molecule has 122 valence electrons. The molecule has 3 heterocycles. The fourth-order valence-electron chi connectivity index (χ4n) is 3.25. The topological polar surface area (TPSA) is 107 Å². The van der Waals surface area contributed by atoms with E-state index in [1.165, 1.54) is 30.2 Å². The molecule has 0 bridgehead atoms. The third kappa shape index (κ3) is 2.25. The van der Waals surface area contributed by atoms with E-state index >= 15 is 0 Å². The van der Waals surface area contributed by atoms with Crippen LogP contribution in [0.5, 0.6) is 0 Å². The zero-order valence-electron chi connectivity index (χ0n) is 12.6. The first-order valence-electron chi connectivity index (χ1n) is 7.15. The maximum atomic E-state index is 12.1. The van der Waals surface area contributed by atoms with E-state index in [4.69, 9.17) is 0 Å². The van der Waals surface area contributed by atoms with Crippen molar-refractivity contribution in [2.45, 2.75) is 25.5 Å². The van der Waals surface area contributed by atoms with E-state index in [-0.39, 0.29) is 23.6 Å². The number of rotatable bonds is 4. The van der Waals surface area contributed by atoms with Crippen molar-refractivity contribution in [3.63, 3.8) is 0 Å². The summed E-state index contributed by atoms with van der Waals surface area (Å²) in [5.41, 5.74) is 0.957. The van der Waals surface area contributed by atoms with Crippen LogP contribution in [-0.4, -0.2) is 52.1 Å². The molecule has 1 fully saturated rings. The lowest BCUT2D eigenvalue weighted by Gasteiger charge is -2.44. The van der Waals surface area contributed by atoms with Crippen molar-refractivity contribution in [1.82, 2.24) is 10.2 Å². The van der Waals surface area contributed by atoms with Crippen LogP contribution in [-0.2, 0) is 9.59 Å². The number of amides is 2. The van der Waals surface area contributed by atoms with Gasteiger partial charge in [0.1, 0.15) is 5.70 Å². The number of hydrogen-bond acceptors (Lipinski definition) is 5. The van der Waals surface area contributed by atoms with Crippen LogP contribution in [0.25, 0.3) is 5.57 Å². The quantitative estimate of drug-likeness (QED) is 0.695. The monoisotopic (exact) mass is 336 g/mol. The van der Waals surface area contributed by atoms with Crippen molar-refractivity contribution < 1.29 is 24.6 Å². The Morgan fingerprint density at radius 1 is 1.48 bits per heavy atom. The summed E-state index contributed by atoms with van der Waals surface area (Å²) in [4.78, 5) is 37.3. The van der Waals surface area contributed by atoms with E-state index < -0.39 is 18.0 Å². The summed E-state index contributed by atoms with van der Waals surface area (Å²) in [6.45, 7) is 1.53. The minimum Gasteiger partial charge on any atom is -0.477 e. The molecule has 2 amide bonds. The highest BCUT2D eigenvalue weighted by Gasteiger charge is 2.56. The lowest BCUT2D eigenvalue weighted by molar-refractivity contribution is -0.161. The number of nitrogens with one attached hydrogen (secondary N) is 1. The predicted molar refractivity (Wildman–Crippen MR) is 82.7 cm³/mol. The van der Waals surface area contributed by atoms with Crippen molar-refractivity contribution >= 4 is 34.7 Å². The Hall–Kier alpha value is -2.19. The minimum atomic E-state index is -1.17. The van der Waals surface area contributed by atoms with Gasteiger partial charge in [-0.1, -0.05) is 0 Å². The van der Waals surface area contributed by atoms with Crippen LogP contribution in [0.3, 0.4) is 0 Å². The number of carboxylic acid groups (broad SMARTS) is 1. The number of nitrogens with zero attached hydrogens (tertiary/aromatic N) is 1. The van der Waals surface area contributed by atoms with E-state index in [1.54, 1.807) is 11.4 Å². The van der Waals surface area contributed by atoms with Gasteiger partial charge in [-0.15, -0.1) is 11.3 Å². The molecule has 8 heteroatoms. The van der Waals surface area contributed by atoms with Crippen LogP contribution in [0.4, 0.5) is 0 Å².